The average molecular weight is 185 g/mol. The topological polar surface area (TPSA) is 38.3 Å². The van der Waals surface area contributed by atoms with Crippen molar-refractivity contribution < 1.29 is 22.7 Å². The fourth-order valence-electron chi connectivity index (χ4n) is 0.482. The minimum Gasteiger partial charge on any atom is -0.384 e. The summed E-state index contributed by atoms with van der Waals surface area (Å²) in [7, 11) is 1.37. The lowest BCUT2D eigenvalue weighted by Gasteiger charge is -2.07. The van der Waals surface area contributed by atoms with Crippen LogP contribution in [0.1, 0.15) is 6.42 Å². The molecule has 72 valence electrons. The molecule has 0 heterocycles. The molecule has 0 spiro atoms. The molecule has 0 fully saturated rings. The second-order valence-corrected chi connectivity index (χ2v) is 2.13. The van der Waals surface area contributed by atoms with Crippen molar-refractivity contribution in [1.82, 2.24) is 5.32 Å². The van der Waals surface area contributed by atoms with E-state index < -0.39 is 18.6 Å². The van der Waals surface area contributed by atoms with Crippen molar-refractivity contribution in [1.29, 1.82) is 0 Å². The van der Waals surface area contributed by atoms with E-state index in [1.807, 2.05) is 0 Å². The van der Waals surface area contributed by atoms with Crippen molar-refractivity contribution in [2.24, 2.45) is 0 Å². The van der Waals surface area contributed by atoms with E-state index in [0.717, 1.165) is 0 Å². The maximum Gasteiger partial charge on any atom is 0.405 e. The lowest BCUT2D eigenvalue weighted by molar-refractivity contribution is -0.138. The fourth-order valence-corrected chi connectivity index (χ4v) is 0.482. The van der Waals surface area contributed by atoms with E-state index in [0.29, 0.717) is 0 Å². The van der Waals surface area contributed by atoms with Gasteiger partial charge in [0.25, 0.3) is 0 Å². The number of carbonyl (C=O) groups is 1. The number of hydrogen-bond donors (Lipinski definition) is 1. The lowest BCUT2D eigenvalue weighted by Crippen LogP contribution is -2.34. The number of hydrogen-bond acceptors (Lipinski definition) is 2. The Labute approximate surface area is 67.9 Å². The van der Waals surface area contributed by atoms with Crippen molar-refractivity contribution in [2.45, 2.75) is 12.6 Å². The second kappa shape index (κ2) is 4.97. The van der Waals surface area contributed by atoms with Crippen LogP contribution in [0.15, 0.2) is 0 Å². The number of amides is 1. The van der Waals surface area contributed by atoms with Gasteiger partial charge in [-0.15, -0.1) is 0 Å². The summed E-state index contributed by atoms with van der Waals surface area (Å²) in [5, 5.41) is 1.71. The van der Waals surface area contributed by atoms with Gasteiger partial charge >= 0.3 is 6.18 Å². The van der Waals surface area contributed by atoms with E-state index in [-0.39, 0.29) is 13.0 Å². The Morgan fingerprint density at radius 2 is 2.08 bits per heavy atom. The highest BCUT2D eigenvalue weighted by Gasteiger charge is 2.27. The summed E-state index contributed by atoms with van der Waals surface area (Å²) in [6.45, 7) is -1.15. The van der Waals surface area contributed by atoms with E-state index in [2.05, 4.69) is 4.74 Å². The third kappa shape index (κ3) is 7.33. The van der Waals surface area contributed by atoms with Gasteiger partial charge in [-0.05, 0) is 0 Å². The maximum absolute atomic E-state index is 11.5. The second-order valence-electron chi connectivity index (χ2n) is 2.13. The first-order chi connectivity index (χ1) is 5.45. The average Bonchev–Trinajstić information content (AvgIpc) is 1.95. The van der Waals surface area contributed by atoms with Crippen LogP contribution < -0.4 is 5.32 Å². The van der Waals surface area contributed by atoms with Gasteiger partial charge in [-0.3, -0.25) is 4.79 Å². The highest BCUT2D eigenvalue weighted by molar-refractivity contribution is 5.75. The summed E-state index contributed by atoms with van der Waals surface area (Å²) in [5.74, 6) is -0.658. The number of alkyl halides is 3. The number of carbonyl (C=O) groups excluding carboxylic acids is 1. The van der Waals surface area contributed by atoms with Crippen LogP contribution in [-0.4, -0.2) is 32.3 Å². The quantitative estimate of drug-likeness (QED) is 0.700. The predicted octanol–water partition coefficient (Wildman–Crippen LogP) is 0.701. The first-order valence-corrected chi connectivity index (χ1v) is 3.28. The van der Waals surface area contributed by atoms with Crippen LogP contribution in [0.5, 0.6) is 0 Å². The van der Waals surface area contributed by atoms with Crippen molar-refractivity contribution in [3.63, 3.8) is 0 Å². The molecule has 0 aliphatic rings. The molecule has 3 nitrogen and oxygen atoms in total. The Balaban J connectivity index is 3.44. The standard InChI is InChI=1S/C6H10F3NO2/c1-12-3-2-5(11)10-4-6(7,8)9/h2-4H2,1H3,(H,10,11). The van der Waals surface area contributed by atoms with E-state index >= 15 is 0 Å². The summed E-state index contributed by atoms with van der Waals surface area (Å²) in [5.41, 5.74) is 0. The van der Waals surface area contributed by atoms with Crippen LogP contribution in [-0.2, 0) is 9.53 Å². The van der Waals surface area contributed by atoms with Gasteiger partial charge in [0.1, 0.15) is 6.54 Å². The zero-order chi connectivity index (χ0) is 9.61. The maximum atomic E-state index is 11.5. The third-order valence-corrected chi connectivity index (χ3v) is 1.02. The molecular weight excluding hydrogens is 175 g/mol. The van der Waals surface area contributed by atoms with Gasteiger partial charge in [-0.1, -0.05) is 0 Å². The Morgan fingerprint density at radius 1 is 1.50 bits per heavy atom. The normalized spacial score (nSPS) is 11.3. The highest BCUT2D eigenvalue weighted by atomic mass is 19.4. The predicted molar refractivity (Wildman–Crippen MR) is 35.6 cm³/mol. The lowest BCUT2D eigenvalue weighted by atomic mass is 10.4. The van der Waals surface area contributed by atoms with Gasteiger partial charge in [0.2, 0.25) is 5.91 Å². The van der Waals surface area contributed by atoms with Gasteiger partial charge in [-0.25, -0.2) is 0 Å². The molecule has 0 atom stereocenters. The minimum absolute atomic E-state index is 0.0490. The zero-order valence-electron chi connectivity index (χ0n) is 6.57. The fraction of sp³-hybridized carbons (Fsp3) is 0.833. The van der Waals surface area contributed by atoms with Crippen LogP contribution in [0.2, 0.25) is 0 Å². The van der Waals surface area contributed by atoms with Gasteiger partial charge in [0.15, 0.2) is 0 Å². The number of nitrogens with one attached hydrogen (secondary N) is 1. The van der Waals surface area contributed by atoms with Gasteiger partial charge in [0, 0.05) is 13.5 Å². The molecule has 0 aliphatic heterocycles. The largest absolute Gasteiger partial charge is 0.405 e. The Hall–Kier alpha value is -0.780. The highest BCUT2D eigenvalue weighted by Crippen LogP contribution is 2.11. The van der Waals surface area contributed by atoms with Crippen LogP contribution in [0.4, 0.5) is 13.2 Å². The molecule has 0 saturated heterocycles. The summed E-state index contributed by atoms with van der Waals surface area (Å²) in [6, 6.07) is 0. The SMILES string of the molecule is COCCC(=O)NCC(F)(F)F. The van der Waals surface area contributed by atoms with Crippen molar-refractivity contribution in [3.05, 3.63) is 0 Å². The van der Waals surface area contributed by atoms with Crippen LogP contribution in [0.3, 0.4) is 0 Å². The van der Waals surface area contributed by atoms with Crippen LogP contribution >= 0.6 is 0 Å². The number of ether oxygens (including phenoxy) is 1. The van der Waals surface area contributed by atoms with Crippen molar-refractivity contribution >= 4 is 5.91 Å². The van der Waals surface area contributed by atoms with E-state index in [9.17, 15) is 18.0 Å². The summed E-state index contributed by atoms with van der Waals surface area (Å²) in [4.78, 5) is 10.6. The Bertz CT molecular complexity index is 146. The molecule has 0 aliphatic carbocycles. The zero-order valence-corrected chi connectivity index (χ0v) is 6.57. The molecule has 0 unspecified atom stereocenters. The first kappa shape index (κ1) is 11.2. The van der Waals surface area contributed by atoms with Crippen LogP contribution in [0, 0.1) is 0 Å². The summed E-state index contributed by atoms with van der Waals surface area (Å²) >= 11 is 0. The summed E-state index contributed by atoms with van der Waals surface area (Å²) in [6.07, 6.45) is -4.39. The van der Waals surface area contributed by atoms with E-state index in [1.165, 1.54) is 7.11 Å². The van der Waals surface area contributed by atoms with Crippen molar-refractivity contribution in [3.8, 4) is 0 Å². The molecule has 0 rings (SSSR count). The van der Waals surface area contributed by atoms with Crippen molar-refractivity contribution in [2.75, 3.05) is 20.3 Å². The minimum atomic E-state index is -4.34. The Kier molecular flexibility index (Phi) is 4.65. The van der Waals surface area contributed by atoms with Gasteiger partial charge < -0.3 is 10.1 Å². The molecule has 12 heavy (non-hydrogen) atoms. The van der Waals surface area contributed by atoms with Gasteiger partial charge in [0.05, 0.1) is 6.61 Å². The molecule has 6 heteroatoms. The number of halogens is 3. The molecule has 0 aromatic carbocycles. The molecule has 0 aromatic heterocycles. The monoisotopic (exact) mass is 185 g/mol. The van der Waals surface area contributed by atoms with Gasteiger partial charge in [-0.2, -0.15) is 13.2 Å². The third-order valence-electron chi connectivity index (χ3n) is 1.02. The number of methoxy groups -OCH3 is 1. The smallest absolute Gasteiger partial charge is 0.384 e. The van der Waals surface area contributed by atoms with E-state index in [1.54, 1.807) is 5.32 Å². The first-order valence-electron chi connectivity index (χ1n) is 3.28. The van der Waals surface area contributed by atoms with Crippen LogP contribution in [0.25, 0.3) is 0 Å². The molecule has 0 bridgehead atoms. The number of rotatable bonds is 4. The Morgan fingerprint density at radius 3 is 2.50 bits per heavy atom. The summed E-state index contributed by atoms with van der Waals surface area (Å²) < 4.78 is 39.0. The molecule has 0 aromatic rings. The molecule has 1 amide bonds. The molecule has 0 radical (unpaired) electrons. The molecule has 1 N–H and O–H groups in total. The molecule has 0 saturated carbocycles. The molecular formula is C6H10F3NO2. The van der Waals surface area contributed by atoms with E-state index in [4.69, 9.17) is 0 Å².